The van der Waals surface area contributed by atoms with E-state index in [1.54, 1.807) is 24.3 Å². The van der Waals surface area contributed by atoms with Gasteiger partial charge in [-0.05, 0) is 35.2 Å². The number of carbonyl (C=O) groups is 2. The summed E-state index contributed by atoms with van der Waals surface area (Å²) in [5.41, 5.74) is 7.62. The number of hydrogen-bond acceptors (Lipinski definition) is 3. The van der Waals surface area contributed by atoms with E-state index in [9.17, 15) is 14.0 Å². The number of hydrogen-bond donors (Lipinski definition) is 3. The van der Waals surface area contributed by atoms with E-state index in [1.165, 1.54) is 6.07 Å². The molecule has 27 heavy (non-hydrogen) atoms. The van der Waals surface area contributed by atoms with Gasteiger partial charge in [0.2, 0.25) is 11.8 Å². The van der Waals surface area contributed by atoms with E-state index < -0.39 is 23.7 Å². The maximum atomic E-state index is 14.3. The van der Waals surface area contributed by atoms with Crippen molar-refractivity contribution >= 4 is 23.4 Å². The molecule has 0 bridgehead atoms. The van der Waals surface area contributed by atoms with Crippen molar-refractivity contribution in [2.75, 3.05) is 6.54 Å². The highest BCUT2D eigenvalue weighted by atomic mass is 35.5. The largest absolute Gasteiger partial charge is 0.350 e. The molecule has 2 aromatic carbocycles. The predicted octanol–water partition coefficient (Wildman–Crippen LogP) is 2.86. The fourth-order valence-electron chi connectivity index (χ4n) is 2.36. The van der Waals surface area contributed by atoms with Crippen molar-refractivity contribution in [3.63, 3.8) is 0 Å². The van der Waals surface area contributed by atoms with Gasteiger partial charge in [0.15, 0.2) is 0 Å². The van der Waals surface area contributed by atoms with Crippen LogP contribution in [-0.2, 0) is 16.1 Å². The van der Waals surface area contributed by atoms with E-state index in [0.29, 0.717) is 16.1 Å². The first kappa shape index (κ1) is 20.9. The fourth-order valence-corrected chi connectivity index (χ4v) is 2.48. The second-order valence-electron chi connectivity index (χ2n) is 6.58. The standard InChI is InChI=1S/C20H23ClFN3O2/c1-12(2)19(23)20(27)25-11-18(26)24-10-15-4-3-14(9-17(15)22)13-5-7-16(21)8-6-13/h3-9,12,19H,10-11,23H2,1-2H3,(H,24,26)(H,25,27)/t19-/m0/s1. The molecule has 0 aromatic heterocycles. The average Bonchev–Trinajstić information content (AvgIpc) is 2.64. The molecule has 0 saturated heterocycles. The van der Waals surface area contributed by atoms with Crippen LogP contribution in [0.15, 0.2) is 42.5 Å². The molecule has 0 unspecified atom stereocenters. The van der Waals surface area contributed by atoms with Crippen molar-refractivity contribution in [1.82, 2.24) is 10.6 Å². The van der Waals surface area contributed by atoms with Crippen LogP contribution >= 0.6 is 11.6 Å². The Morgan fingerprint density at radius 2 is 1.70 bits per heavy atom. The minimum Gasteiger partial charge on any atom is -0.350 e. The van der Waals surface area contributed by atoms with E-state index in [1.807, 2.05) is 26.0 Å². The number of halogens is 2. The van der Waals surface area contributed by atoms with Gasteiger partial charge >= 0.3 is 0 Å². The van der Waals surface area contributed by atoms with E-state index in [-0.39, 0.29) is 19.0 Å². The predicted molar refractivity (Wildman–Crippen MR) is 105 cm³/mol. The van der Waals surface area contributed by atoms with Crippen LogP contribution in [0, 0.1) is 11.7 Å². The summed E-state index contributed by atoms with van der Waals surface area (Å²) in [5.74, 6) is -1.26. The third-order valence-electron chi connectivity index (χ3n) is 4.15. The van der Waals surface area contributed by atoms with Crippen LogP contribution < -0.4 is 16.4 Å². The zero-order valence-electron chi connectivity index (χ0n) is 15.3. The Morgan fingerprint density at radius 3 is 2.30 bits per heavy atom. The molecule has 1 atom stereocenters. The van der Waals surface area contributed by atoms with Crippen molar-refractivity contribution in [1.29, 1.82) is 0 Å². The zero-order chi connectivity index (χ0) is 20.0. The van der Waals surface area contributed by atoms with Crippen LogP contribution in [0.3, 0.4) is 0 Å². The second kappa shape index (κ2) is 9.48. The molecule has 5 nitrogen and oxygen atoms in total. The Kier molecular flexibility index (Phi) is 7.33. The minimum atomic E-state index is -0.671. The molecule has 2 aromatic rings. The highest BCUT2D eigenvalue weighted by molar-refractivity contribution is 6.30. The monoisotopic (exact) mass is 391 g/mol. The van der Waals surface area contributed by atoms with Crippen molar-refractivity contribution in [3.05, 3.63) is 58.9 Å². The Balaban J connectivity index is 1.89. The molecule has 0 spiro atoms. The first-order valence-electron chi connectivity index (χ1n) is 8.62. The van der Waals surface area contributed by atoms with Crippen molar-refractivity contribution < 1.29 is 14.0 Å². The van der Waals surface area contributed by atoms with Gasteiger partial charge in [0.1, 0.15) is 5.82 Å². The molecule has 0 radical (unpaired) electrons. The maximum Gasteiger partial charge on any atom is 0.239 e. The zero-order valence-corrected chi connectivity index (χ0v) is 16.0. The lowest BCUT2D eigenvalue weighted by molar-refractivity contribution is -0.127. The van der Waals surface area contributed by atoms with Gasteiger partial charge in [0.25, 0.3) is 0 Å². The minimum absolute atomic E-state index is 0.0255. The molecule has 2 amide bonds. The summed E-state index contributed by atoms with van der Waals surface area (Å²) in [4.78, 5) is 23.6. The van der Waals surface area contributed by atoms with Crippen LogP contribution in [0.25, 0.3) is 11.1 Å². The van der Waals surface area contributed by atoms with Gasteiger partial charge < -0.3 is 16.4 Å². The van der Waals surface area contributed by atoms with Crippen molar-refractivity contribution in [2.24, 2.45) is 11.7 Å². The molecule has 0 fully saturated rings. The maximum absolute atomic E-state index is 14.3. The normalized spacial score (nSPS) is 11.9. The van der Waals surface area contributed by atoms with E-state index >= 15 is 0 Å². The Morgan fingerprint density at radius 1 is 1.07 bits per heavy atom. The number of rotatable bonds is 7. The number of carbonyl (C=O) groups excluding carboxylic acids is 2. The molecule has 4 N–H and O–H groups in total. The van der Waals surface area contributed by atoms with Crippen molar-refractivity contribution in [2.45, 2.75) is 26.4 Å². The number of nitrogens with two attached hydrogens (primary N) is 1. The van der Waals surface area contributed by atoms with Crippen LogP contribution in [0.1, 0.15) is 19.4 Å². The molecule has 7 heteroatoms. The molecule has 2 rings (SSSR count). The van der Waals surface area contributed by atoms with Crippen LogP contribution in [0.5, 0.6) is 0 Å². The lowest BCUT2D eigenvalue weighted by Crippen LogP contribution is -2.47. The second-order valence-corrected chi connectivity index (χ2v) is 7.01. The summed E-state index contributed by atoms with van der Waals surface area (Å²) in [6.07, 6.45) is 0. The molecule has 0 aliphatic carbocycles. The number of benzene rings is 2. The van der Waals surface area contributed by atoms with Gasteiger partial charge in [0.05, 0.1) is 12.6 Å². The first-order chi connectivity index (χ1) is 12.8. The Labute approximate surface area is 163 Å². The molecule has 144 valence electrons. The lowest BCUT2D eigenvalue weighted by Gasteiger charge is -2.15. The molecular weight excluding hydrogens is 369 g/mol. The summed E-state index contributed by atoms with van der Waals surface area (Å²) in [7, 11) is 0. The molecular formula is C20H23ClFN3O2. The van der Waals surface area contributed by atoms with Crippen LogP contribution in [0.2, 0.25) is 5.02 Å². The molecule has 0 aliphatic rings. The third-order valence-corrected chi connectivity index (χ3v) is 4.40. The van der Waals surface area contributed by atoms with Crippen LogP contribution in [-0.4, -0.2) is 24.4 Å². The molecule has 0 heterocycles. The summed E-state index contributed by atoms with van der Waals surface area (Å²) in [6.45, 7) is 3.46. The molecule has 0 saturated carbocycles. The van der Waals surface area contributed by atoms with Crippen molar-refractivity contribution in [3.8, 4) is 11.1 Å². The quantitative estimate of drug-likeness (QED) is 0.678. The summed E-state index contributed by atoms with van der Waals surface area (Å²) in [5, 5.41) is 5.66. The highest BCUT2D eigenvalue weighted by Gasteiger charge is 2.17. The topological polar surface area (TPSA) is 84.2 Å². The van der Waals surface area contributed by atoms with E-state index in [4.69, 9.17) is 17.3 Å². The third kappa shape index (κ3) is 6.05. The van der Waals surface area contributed by atoms with Gasteiger partial charge in [-0.3, -0.25) is 9.59 Å². The SMILES string of the molecule is CC(C)[C@H](N)C(=O)NCC(=O)NCc1ccc(-c2ccc(Cl)cc2)cc1F. The van der Waals surface area contributed by atoms with Gasteiger partial charge in [-0.15, -0.1) is 0 Å². The Hall–Kier alpha value is -2.44. The van der Waals surface area contributed by atoms with Gasteiger partial charge in [-0.1, -0.05) is 49.7 Å². The molecule has 0 aliphatic heterocycles. The summed E-state index contributed by atoms with van der Waals surface area (Å²) >= 11 is 5.86. The number of amides is 2. The highest BCUT2D eigenvalue weighted by Crippen LogP contribution is 2.23. The lowest BCUT2D eigenvalue weighted by atomic mass is 10.0. The summed E-state index contributed by atoms with van der Waals surface area (Å²) < 4.78 is 14.3. The van der Waals surface area contributed by atoms with Crippen LogP contribution in [0.4, 0.5) is 4.39 Å². The number of nitrogens with one attached hydrogen (secondary N) is 2. The summed E-state index contributed by atoms with van der Waals surface area (Å²) in [6, 6.07) is 11.2. The average molecular weight is 392 g/mol. The Bertz CT molecular complexity index is 809. The van der Waals surface area contributed by atoms with Gasteiger partial charge in [0, 0.05) is 17.1 Å². The van der Waals surface area contributed by atoms with Gasteiger partial charge in [-0.2, -0.15) is 0 Å². The smallest absolute Gasteiger partial charge is 0.239 e. The first-order valence-corrected chi connectivity index (χ1v) is 9.00. The van der Waals surface area contributed by atoms with E-state index in [2.05, 4.69) is 10.6 Å². The van der Waals surface area contributed by atoms with Gasteiger partial charge in [-0.25, -0.2) is 4.39 Å². The van der Waals surface area contributed by atoms with E-state index in [0.717, 1.165) is 5.56 Å². The fraction of sp³-hybridized carbons (Fsp3) is 0.300.